The molecule has 1 unspecified atom stereocenters. The molecule has 0 saturated heterocycles. The molecule has 0 bridgehead atoms. The Balaban J connectivity index is 2.05. The molecule has 1 aromatic carbocycles. The monoisotopic (exact) mass is 236 g/mol. The van der Waals surface area contributed by atoms with E-state index in [1.54, 1.807) is 25.1 Å². The Hall–Kier alpha value is -1.42. The number of carbonyl (C=O) groups is 1. The van der Waals surface area contributed by atoms with E-state index in [1.807, 2.05) is 0 Å². The minimum atomic E-state index is -0.389. The van der Waals surface area contributed by atoms with Crippen molar-refractivity contribution in [1.29, 1.82) is 0 Å². The van der Waals surface area contributed by atoms with Gasteiger partial charge in [-0.1, -0.05) is 18.2 Å². The van der Waals surface area contributed by atoms with E-state index in [0.717, 1.165) is 12.8 Å². The van der Waals surface area contributed by atoms with Crippen LogP contribution in [-0.4, -0.2) is 12.5 Å². The summed E-state index contributed by atoms with van der Waals surface area (Å²) in [4.78, 5) is 11.9. The molecule has 4 heteroatoms. The molecule has 1 aliphatic rings. The van der Waals surface area contributed by atoms with Crippen LogP contribution in [0.15, 0.2) is 24.3 Å². The van der Waals surface area contributed by atoms with Gasteiger partial charge in [-0.05, 0) is 25.8 Å². The number of hydrogen-bond donors (Lipinski definition) is 2. The summed E-state index contributed by atoms with van der Waals surface area (Å²) in [5, 5.41) is 2.83. The number of rotatable bonds is 4. The summed E-state index contributed by atoms with van der Waals surface area (Å²) >= 11 is 0. The zero-order valence-corrected chi connectivity index (χ0v) is 9.87. The second-order valence-corrected chi connectivity index (χ2v) is 4.70. The van der Waals surface area contributed by atoms with Gasteiger partial charge in [0.05, 0.1) is 11.5 Å². The average Bonchev–Trinajstić information content (AvgIpc) is 3.10. The fourth-order valence-electron chi connectivity index (χ4n) is 1.93. The summed E-state index contributed by atoms with van der Waals surface area (Å²) in [5.41, 5.74) is 5.70. The van der Waals surface area contributed by atoms with Crippen molar-refractivity contribution in [3.05, 3.63) is 35.6 Å². The highest BCUT2D eigenvalue weighted by atomic mass is 19.1. The summed E-state index contributed by atoms with van der Waals surface area (Å²) in [5.74, 6) is -0.353. The highest BCUT2D eigenvalue weighted by Crippen LogP contribution is 2.45. The van der Waals surface area contributed by atoms with Crippen molar-refractivity contribution in [2.24, 2.45) is 11.1 Å². The average molecular weight is 236 g/mol. The molecule has 1 atom stereocenters. The first kappa shape index (κ1) is 12.0. The zero-order valence-electron chi connectivity index (χ0n) is 9.87. The van der Waals surface area contributed by atoms with Gasteiger partial charge >= 0.3 is 0 Å². The van der Waals surface area contributed by atoms with Crippen molar-refractivity contribution >= 4 is 5.91 Å². The lowest BCUT2D eigenvalue weighted by molar-refractivity contribution is -0.126. The highest BCUT2D eigenvalue weighted by Gasteiger charge is 2.48. The van der Waals surface area contributed by atoms with Crippen LogP contribution in [0.2, 0.25) is 0 Å². The minimum absolute atomic E-state index is 0.0595. The molecule has 17 heavy (non-hydrogen) atoms. The third-order valence-electron chi connectivity index (χ3n) is 3.45. The Morgan fingerprint density at radius 3 is 2.71 bits per heavy atom. The lowest BCUT2D eigenvalue weighted by atomic mass is 10.0. The molecule has 3 N–H and O–H groups in total. The van der Waals surface area contributed by atoms with Crippen molar-refractivity contribution in [2.75, 3.05) is 6.54 Å². The number of carbonyl (C=O) groups excluding carboxylic acids is 1. The van der Waals surface area contributed by atoms with E-state index >= 15 is 0 Å². The molecular formula is C13H17FN2O. The van der Waals surface area contributed by atoms with Crippen LogP contribution in [0.25, 0.3) is 0 Å². The van der Waals surface area contributed by atoms with Gasteiger partial charge in [-0.15, -0.1) is 0 Å². The maximum absolute atomic E-state index is 13.5. The van der Waals surface area contributed by atoms with Crippen LogP contribution in [0.1, 0.15) is 31.4 Å². The second kappa shape index (κ2) is 4.45. The first-order chi connectivity index (χ1) is 8.09. The molecule has 1 aliphatic carbocycles. The molecule has 0 aliphatic heterocycles. The fraction of sp³-hybridized carbons (Fsp3) is 0.462. The molecule has 0 heterocycles. The molecule has 2 rings (SSSR count). The SMILES string of the molecule is CC(NC(=O)C1(CN)CC1)c1ccccc1F. The van der Waals surface area contributed by atoms with Gasteiger partial charge in [0.15, 0.2) is 0 Å². The Bertz CT molecular complexity index is 429. The van der Waals surface area contributed by atoms with Crippen LogP contribution in [0.4, 0.5) is 4.39 Å². The first-order valence-corrected chi connectivity index (χ1v) is 5.84. The van der Waals surface area contributed by atoms with Gasteiger partial charge in [-0.2, -0.15) is 0 Å². The van der Waals surface area contributed by atoms with E-state index in [-0.39, 0.29) is 23.2 Å². The first-order valence-electron chi connectivity index (χ1n) is 5.84. The molecular weight excluding hydrogens is 219 g/mol. The maximum Gasteiger partial charge on any atom is 0.227 e. The number of hydrogen-bond acceptors (Lipinski definition) is 2. The highest BCUT2D eigenvalue weighted by molar-refractivity contribution is 5.85. The Morgan fingerprint density at radius 1 is 1.53 bits per heavy atom. The fourth-order valence-corrected chi connectivity index (χ4v) is 1.93. The number of nitrogens with one attached hydrogen (secondary N) is 1. The van der Waals surface area contributed by atoms with Gasteiger partial charge in [-0.25, -0.2) is 4.39 Å². The zero-order chi connectivity index (χ0) is 12.5. The molecule has 1 amide bonds. The van der Waals surface area contributed by atoms with Crippen molar-refractivity contribution in [3.63, 3.8) is 0 Å². The van der Waals surface area contributed by atoms with Gasteiger partial charge in [0, 0.05) is 12.1 Å². The van der Waals surface area contributed by atoms with E-state index in [4.69, 9.17) is 5.73 Å². The Morgan fingerprint density at radius 2 is 2.18 bits per heavy atom. The number of amides is 1. The third kappa shape index (κ3) is 2.31. The summed E-state index contributed by atoms with van der Waals surface area (Å²) in [6.45, 7) is 2.14. The molecule has 1 aromatic rings. The molecule has 92 valence electrons. The summed E-state index contributed by atoms with van der Waals surface area (Å²) in [7, 11) is 0. The summed E-state index contributed by atoms with van der Waals surface area (Å²) in [6, 6.07) is 6.15. The third-order valence-corrected chi connectivity index (χ3v) is 3.45. The predicted molar refractivity (Wildman–Crippen MR) is 63.7 cm³/mol. The smallest absolute Gasteiger partial charge is 0.227 e. The molecule has 1 saturated carbocycles. The van der Waals surface area contributed by atoms with Gasteiger partial charge in [0.25, 0.3) is 0 Å². The van der Waals surface area contributed by atoms with Gasteiger partial charge in [0.2, 0.25) is 5.91 Å². The number of nitrogens with two attached hydrogens (primary N) is 1. The van der Waals surface area contributed by atoms with E-state index in [2.05, 4.69) is 5.32 Å². The van der Waals surface area contributed by atoms with E-state index < -0.39 is 0 Å². The minimum Gasteiger partial charge on any atom is -0.349 e. The van der Waals surface area contributed by atoms with Crippen LogP contribution in [0.3, 0.4) is 0 Å². The van der Waals surface area contributed by atoms with Crippen molar-refractivity contribution in [1.82, 2.24) is 5.32 Å². The maximum atomic E-state index is 13.5. The molecule has 3 nitrogen and oxygen atoms in total. The second-order valence-electron chi connectivity index (χ2n) is 4.70. The number of benzene rings is 1. The predicted octanol–water partition coefficient (Wildman–Crippen LogP) is 1.74. The lowest BCUT2D eigenvalue weighted by Gasteiger charge is -2.19. The Labute approximate surface area is 100 Å². The topological polar surface area (TPSA) is 55.1 Å². The van der Waals surface area contributed by atoms with Crippen LogP contribution < -0.4 is 11.1 Å². The van der Waals surface area contributed by atoms with Crippen molar-refractivity contribution in [3.8, 4) is 0 Å². The van der Waals surface area contributed by atoms with Gasteiger partial charge < -0.3 is 11.1 Å². The largest absolute Gasteiger partial charge is 0.349 e. The quantitative estimate of drug-likeness (QED) is 0.836. The van der Waals surface area contributed by atoms with Gasteiger partial charge in [0.1, 0.15) is 5.82 Å². The van der Waals surface area contributed by atoms with Crippen LogP contribution in [0, 0.1) is 11.2 Å². The molecule has 0 aromatic heterocycles. The molecule has 1 fully saturated rings. The van der Waals surface area contributed by atoms with Crippen molar-refractivity contribution < 1.29 is 9.18 Å². The van der Waals surface area contributed by atoms with Crippen LogP contribution in [-0.2, 0) is 4.79 Å². The van der Waals surface area contributed by atoms with Crippen molar-refractivity contribution in [2.45, 2.75) is 25.8 Å². The van der Waals surface area contributed by atoms with E-state index in [9.17, 15) is 9.18 Å². The van der Waals surface area contributed by atoms with E-state index in [0.29, 0.717) is 12.1 Å². The lowest BCUT2D eigenvalue weighted by Crippen LogP contribution is -2.38. The van der Waals surface area contributed by atoms with E-state index in [1.165, 1.54) is 6.07 Å². The number of halogens is 1. The standard InChI is InChI=1S/C13H17FN2O/c1-9(10-4-2-3-5-11(10)14)16-12(17)13(8-15)6-7-13/h2-5,9H,6-8,15H2,1H3,(H,16,17). The molecule has 0 spiro atoms. The van der Waals surface area contributed by atoms with Crippen LogP contribution >= 0.6 is 0 Å². The molecule has 0 radical (unpaired) electrons. The normalized spacial score (nSPS) is 18.5. The summed E-state index contributed by atoms with van der Waals surface area (Å²) in [6.07, 6.45) is 1.67. The van der Waals surface area contributed by atoms with Crippen LogP contribution in [0.5, 0.6) is 0 Å². The van der Waals surface area contributed by atoms with Gasteiger partial charge in [-0.3, -0.25) is 4.79 Å². The summed E-state index contributed by atoms with van der Waals surface area (Å²) < 4.78 is 13.5. The Kier molecular flexibility index (Phi) is 3.15.